The number of rotatable bonds is 8. The van der Waals surface area contributed by atoms with Gasteiger partial charge in [0.1, 0.15) is 6.29 Å². The summed E-state index contributed by atoms with van der Waals surface area (Å²) in [6.45, 7) is 25.3. The fraction of sp³-hybridized carbons (Fsp3) is 0.513. The van der Waals surface area contributed by atoms with Gasteiger partial charge in [0.15, 0.2) is 0 Å². The number of hydrogen-bond donors (Lipinski definition) is 2. The molecular formula is C39H56Cl2N2O3. The average molecular weight is 672 g/mol. The topological polar surface area (TPSA) is 64.0 Å². The number of aldehydes is 1. The van der Waals surface area contributed by atoms with E-state index in [1.807, 2.05) is 25.1 Å². The van der Waals surface area contributed by atoms with Crippen LogP contribution in [0.5, 0.6) is 0 Å². The van der Waals surface area contributed by atoms with E-state index in [9.17, 15) is 4.79 Å². The first-order valence-corrected chi connectivity index (χ1v) is 17.0. The lowest BCUT2D eigenvalue weighted by Gasteiger charge is -2.41. The minimum atomic E-state index is -0.500. The van der Waals surface area contributed by atoms with E-state index in [1.54, 1.807) is 20.8 Å². The molecule has 2 aliphatic heterocycles. The van der Waals surface area contributed by atoms with Gasteiger partial charge >= 0.3 is 0 Å². The summed E-state index contributed by atoms with van der Waals surface area (Å²) in [6, 6.07) is 12.7. The van der Waals surface area contributed by atoms with E-state index >= 15 is 0 Å². The van der Waals surface area contributed by atoms with E-state index in [0.717, 1.165) is 87.1 Å². The molecule has 254 valence electrons. The van der Waals surface area contributed by atoms with Crippen molar-refractivity contribution in [2.24, 2.45) is 5.41 Å². The van der Waals surface area contributed by atoms with Gasteiger partial charge < -0.3 is 19.9 Å². The maximum atomic E-state index is 11.8. The van der Waals surface area contributed by atoms with Crippen molar-refractivity contribution in [3.8, 4) is 0 Å². The summed E-state index contributed by atoms with van der Waals surface area (Å²) in [5.41, 5.74) is 10.7. The van der Waals surface area contributed by atoms with Gasteiger partial charge in [0.2, 0.25) is 0 Å². The number of halogens is 2. The number of aliphatic hydroxyl groups is 2. The average Bonchev–Trinajstić information content (AvgIpc) is 2.96. The van der Waals surface area contributed by atoms with E-state index in [4.69, 9.17) is 33.4 Å². The van der Waals surface area contributed by atoms with Crippen molar-refractivity contribution in [2.75, 3.05) is 26.7 Å². The standard InChI is InChI=1S/C34H42Cl2N2O.C4H10O.CH4O/c1-23(2)30(12-18-39)33(38-16-13-34(5,6)14-17-38)32(24(3)4)26-7-8-27-21-37(15-11-25(27)19-26)22-28-9-10-29(35)20-31(28)36;1-4(2,3)5;1-2/h7-10,18-20H,1,11-17,21-22H2,2-6H3;5H,1-3H3;2H,1H3/b33-30+;;. The van der Waals surface area contributed by atoms with E-state index in [1.165, 1.54) is 33.5 Å². The molecule has 4 rings (SSSR count). The molecule has 0 radical (unpaired) electrons. The second-order valence-corrected chi connectivity index (χ2v) is 15.2. The molecule has 7 heteroatoms. The van der Waals surface area contributed by atoms with Gasteiger partial charge in [0.05, 0.1) is 5.60 Å². The zero-order valence-corrected chi connectivity index (χ0v) is 31.1. The van der Waals surface area contributed by atoms with Crippen molar-refractivity contribution in [2.45, 2.75) is 99.8 Å². The smallest absolute Gasteiger partial charge is 0.124 e. The van der Waals surface area contributed by atoms with Gasteiger partial charge in [-0.1, -0.05) is 79.0 Å². The summed E-state index contributed by atoms with van der Waals surface area (Å²) in [5, 5.41) is 16.9. The molecule has 2 aromatic rings. The van der Waals surface area contributed by atoms with E-state index < -0.39 is 5.60 Å². The summed E-state index contributed by atoms with van der Waals surface area (Å²) >= 11 is 12.6. The van der Waals surface area contributed by atoms with Gasteiger partial charge in [-0.05, 0) is 106 Å². The van der Waals surface area contributed by atoms with Crippen LogP contribution in [0.4, 0.5) is 0 Å². The number of allylic oxidation sites excluding steroid dienone is 4. The molecule has 2 aliphatic rings. The Morgan fingerprint density at radius 1 is 0.978 bits per heavy atom. The zero-order valence-electron chi connectivity index (χ0n) is 29.6. The van der Waals surface area contributed by atoms with Crippen LogP contribution in [-0.2, 0) is 24.3 Å². The number of carbonyl (C=O) groups is 1. The molecule has 2 aromatic carbocycles. The molecule has 0 amide bonds. The molecule has 1 fully saturated rings. The third-order valence-corrected chi connectivity index (χ3v) is 8.84. The summed E-state index contributed by atoms with van der Waals surface area (Å²) in [5.74, 6) is 0. The number of piperidine rings is 1. The second-order valence-electron chi connectivity index (χ2n) is 14.4. The van der Waals surface area contributed by atoms with Crippen LogP contribution in [-0.4, -0.2) is 58.6 Å². The molecule has 0 aliphatic carbocycles. The Kier molecular flexibility index (Phi) is 15.3. The Morgan fingerprint density at radius 2 is 1.59 bits per heavy atom. The van der Waals surface area contributed by atoms with Crippen molar-refractivity contribution < 1.29 is 15.0 Å². The molecule has 0 bridgehead atoms. The van der Waals surface area contributed by atoms with Gasteiger partial charge in [-0.3, -0.25) is 4.90 Å². The normalized spacial score (nSPS) is 16.5. The molecule has 0 aromatic heterocycles. The van der Waals surface area contributed by atoms with Crippen LogP contribution in [0.15, 0.2) is 65.4 Å². The first-order chi connectivity index (χ1) is 21.5. The summed E-state index contributed by atoms with van der Waals surface area (Å²) in [6.07, 6.45) is 4.66. The van der Waals surface area contributed by atoms with Crippen LogP contribution in [0.25, 0.3) is 5.57 Å². The lowest BCUT2D eigenvalue weighted by Crippen LogP contribution is -2.38. The number of carbonyl (C=O) groups excluding carboxylic acids is 1. The first-order valence-electron chi connectivity index (χ1n) is 16.2. The SMILES string of the molecule is C=C(C)/C(CC=O)=C(\C(=C(C)C)c1ccc2c(c1)CCN(Cc1ccc(Cl)cc1Cl)C2)N1CCC(C)(C)CC1.CC(C)(C)O.CO. The van der Waals surface area contributed by atoms with Crippen molar-refractivity contribution in [1.29, 1.82) is 0 Å². The fourth-order valence-corrected chi connectivity index (χ4v) is 6.32. The number of fused-ring (bicyclic) bond motifs is 1. The Balaban J connectivity index is 0.000000959. The predicted molar refractivity (Wildman–Crippen MR) is 196 cm³/mol. The number of hydrogen-bond acceptors (Lipinski definition) is 5. The highest BCUT2D eigenvalue weighted by molar-refractivity contribution is 6.35. The Hall–Kier alpha value is -2.41. The highest BCUT2D eigenvalue weighted by Crippen LogP contribution is 2.40. The van der Waals surface area contributed by atoms with Crippen molar-refractivity contribution in [1.82, 2.24) is 9.80 Å². The van der Waals surface area contributed by atoms with Crippen molar-refractivity contribution in [3.05, 3.63) is 97.7 Å². The van der Waals surface area contributed by atoms with Gasteiger partial charge in [0.25, 0.3) is 0 Å². The lowest BCUT2D eigenvalue weighted by molar-refractivity contribution is -0.107. The molecule has 2 heterocycles. The van der Waals surface area contributed by atoms with Gasteiger partial charge in [-0.15, -0.1) is 0 Å². The molecule has 1 saturated heterocycles. The summed E-state index contributed by atoms with van der Waals surface area (Å²) < 4.78 is 0. The highest BCUT2D eigenvalue weighted by Gasteiger charge is 2.30. The van der Waals surface area contributed by atoms with Crippen LogP contribution < -0.4 is 0 Å². The Bertz CT molecular complexity index is 1400. The highest BCUT2D eigenvalue weighted by atomic mass is 35.5. The summed E-state index contributed by atoms with van der Waals surface area (Å²) in [7, 11) is 1.00. The first kappa shape index (κ1) is 39.8. The Morgan fingerprint density at radius 3 is 2.11 bits per heavy atom. The maximum Gasteiger partial charge on any atom is 0.124 e. The summed E-state index contributed by atoms with van der Waals surface area (Å²) in [4.78, 5) is 16.8. The third-order valence-electron chi connectivity index (χ3n) is 8.25. The monoisotopic (exact) mass is 670 g/mol. The van der Waals surface area contributed by atoms with Crippen molar-refractivity contribution >= 4 is 35.1 Å². The van der Waals surface area contributed by atoms with Crippen LogP contribution in [0.3, 0.4) is 0 Å². The van der Waals surface area contributed by atoms with E-state index in [2.05, 4.69) is 62.3 Å². The van der Waals surface area contributed by atoms with Gasteiger partial charge in [0, 0.05) is 67.6 Å². The second kappa shape index (κ2) is 17.7. The van der Waals surface area contributed by atoms with Gasteiger partial charge in [-0.2, -0.15) is 0 Å². The number of aliphatic hydroxyl groups excluding tert-OH is 1. The van der Waals surface area contributed by atoms with Crippen LogP contribution in [0.2, 0.25) is 10.0 Å². The number of nitrogens with zero attached hydrogens (tertiary/aromatic N) is 2. The molecular weight excluding hydrogens is 615 g/mol. The fourth-order valence-electron chi connectivity index (χ4n) is 5.85. The predicted octanol–water partition coefficient (Wildman–Crippen LogP) is 9.27. The molecule has 0 saturated carbocycles. The lowest BCUT2D eigenvalue weighted by atomic mass is 9.81. The molecule has 0 spiro atoms. The Labute approximate surface area is 288 Å². The van der Waals surface area contributed by atoms with Crippen LogP contribution in [0.1, 0.15) is 96.9 Å². The zero-order chi connectivity index (χ0) is 34.8. The quantitative estimate of drug-likeness (QED) is 0.216. The van der Waals surface area contributed by atoms with Crippen LogP contribution in [0, 0.1) is 5.41 Å². The number of likely N-dealkylation sites (tertiary alicyclic amines) is 1. The minimum Gasteiger partial charge on any atom is -0.400 e. The number of benzene rings is 2. The van der Waals surface area contributed by atoms with E-state index in [-0.39, 0.29) is 0 Å². The van der Waals surface area contributed by atoms with E-state index in [0.29, 0.717) is 16.9 Å². The maximum absolute atomic E-state index is 11.8. The molecule has 0 unspecified atom stereocenters. The minimum absolute atomic E-state index is 0.342. The largest absolute Gasteiger partial charge is 0.400 e. The molecule has 5 nitrogen and oxygen atoms in total. The third kappa shape index (κ3) is 12.0. The van der Waals surface area contributed by atoms with Gasteiger partial charge in [-0.25, -0.2) is 0 Å². The van der Waals surface area contributed by atoms with Crippen LogP contribution >= 0.6 is 23.2 Å². The molecule has 46 heavy (non-hydrogen) atoms. The molecule has 0 atom stereocenters. The molecule has 2 N–H and O–H groups in total. The van der Waals surface area contributed by atoms with Crippen molar-refractivity contribution in [3.63, 3.8) is 0 Å².